The zero-order chi connectivity index (χ0) is 13.8. The van der Waals surface area contributed by atoms with Crippen molar-refractivity contribution in [3.05, 3.63) is 50.9 Å². The molecule has 0 saturated heterocycles. The molecule has 2 rings (SSSR count). The Labute approximate surface area is 128 Å². The summed E-state index contributed by atoms with van der Waals surface area (Å²) in [5, 5.41) is 13.0. The number of aromatic hydroxyl groups is 1. The minimum absolute atomic E-state index is 0.175. The van der Waals surface area contributed by atoms with Crippen molar-refractivity contribution in [2.24, 2.45) is 4.99 Å². The molecule has 0 atom stereocenters. The van der Waals surface area contributed by atoms with E-state index in [0.717, 1.165) is 15.8 Å². The third-order valence-electron chi connectivity index (χ3n) is 2.57. The van der Waals surface area contributed by atoms with Gasteiger partial charge in [-0.05, 0) is 40.2 Å². The molecule has 0 bridgehead atoms. The van der Waals surface area contributed by atoms with E-state index in [4.69, 9.17) is 0 Å². The molecule has 0 unspecified atom stereocenters. The summed E-state index contributed by atoms with van der Waals surface area (Å²) in [5.74, 6) is 0.175. The van der Waals surface area contributed by atoms with Gasteiger partial charge >= 0.3 is 0 Å². The van der Waals surface area contributed by atoms with Crippen LogP contribution in [0.2, 0.25) is 0 Å². The number of hydrogen-bond donors (Lipinski definition) is 2. The molecule has 19 heavy (non-hydrogen) atoms. The van der Waals surface area contributed by atoms with Gasteiger partial charge in [-0.1, -0.05) is 28.1 Å². The number of phenols is 1. The van der Waals surface area contributed by atoms with Crippen LogP contribution in [0.5, 0.6) is 5.75 Å². The first-order valence-corrected chi connectivity index (χ1v) is 7.19. The Morgan fingerprint density at radius 3 is 2.68 bits per heavy atom. The number of para-hydroxylation sites is 2. The topological polar surface area (TPSA) is 44.6 Å². The van der Waals surface area contributed by atoms with Crippen LogP contribution in [-0.2, 0) is 0 Å². The van der Waals surface area contributed by atoms with Crippen LogP contribution in [0.4, 0.5) is 11.4 Å². The second kappa shape index (κ2) is 6.21. The molecule has 2 aromatic carbocycles. The molecule has 0 saturated carbocycles. The maximum absolute atomic E-state index is 9.95. The highest BCUT2D eigenvalue weighted by Gasteiger charge is 2.05. The summed E-state index contributed by atoms with van der Waals surface area (Å²) in [5.41, 5.74) is 2.40. The van der Waals surface area contributed by atoms with Crippen LogP contribution in [0.15, 0.2) is 50.3 Å². The van der Waals surface area contributed by atoms with Crippen molar-refractivity contribution < 1.29 is 5.11 Å². The highest BCUT2D eigenvalue weighted by Crippen LogP contribution is 2.31. The minimum atomic E-state index is 0.175. The van der Waals surface area contributed by atoms with Crippen LogP contribution >= 0.6 is 31.9 Å². The molecule has 0 aliphatic carbocycles. The number of rotatable bonds is 3. The number of nitrogens with one attached hydrogen (secondary N) is 1. The molecule has 2 N–H and O–H groups in total. The molecule has 0 aliphatic rings. The van der Waals surface area contributed by atoms with E-state index < -0.39 is 0 Å². The van der Waals surface area contributed by atoms with Gasteiger partial charge in [0.2, 0.25) is 0 Å². The normalized spacial score (nSPS) is 10.9. The average molecular weight is 384 g/mol. The number of anilines is 1. The molecule has 0 spiro atoms. The van der Waals surface area contributed by atoms with Crippen molar-refractivity contribution in [1.29, 1.82) is 0 Å². The van der Waals surface area contributed by atoms with Gasteiger partial charge in [0.05, 0.1) is 15.8 Å². The van der Waals surface area contributed by atoms with Crippen molar-refractivity contribution >= 4 is 49.4 Å². The van der Waals surface area contributed by atoms with Crippen molar-refractivity contribution in [2.45, 2.75) is 0 Å². The Morgan fingerprint density at radius 1 is 1.21 bits per heavy atom. The first-order chi connectivity index (χ1) is 9.11. The molecule has 0 fully saturated rings. The lowest BCUT2D eigenvalue weighted by atomic mass is 10.2. The Balaban J connectivity index is 2.38. The van der Waals surface area contributed by atoms with E-state index in [9.17, 15) is 5.11 Å². The second-order valence-corrected chi connectivity index (χ2v) is 5.62. The maximum atomic E-state index is 9.95. The van der Waals surface area contributed by atoms with Crippen LogP contribution in [0.1, 0.15) is 5.56 Å². The van der Waals surface area contributed by atoms with Gasteiger partial charge in [0.1, 0.15) is 5.75 Å². The Bertz CT molecular complexity index is 627. The number of phenolic OH excluding ortho intramolecular Hbond substituents is 1. The Morgan fingerprint density at radius 2 is 1.95 bits per heavy atom. The van der Waals surface area contributed by atoms with E-state index in [-0.39, 0.29) is 5.75 Å². The molecular weight excluding hydrogens is 372 g/mol. The summed E-state index contributed by atoms with van der Waals surface area (Å²) < 4.78 is 1.51. The predicted molar refractivity (Wildman–Crippen MR) is 86.7 cm³/mol. The van der Waals surface area contributed by atoms with Gasteiger partial charge in [0.25, 0.3) is 0 Å². The quantitative estimate of drug-likeness (QED) is 0.754. The Hall–Kier alpha value is -1.33. The van der Waals surface area contributed by atoms with E-state index in [1.807, 2.05) is 37.4 Å². The summed E-state index contributed by atoms with van der Waals surface area (Å²) in [7, 11) is 1.85. The van der Waals surface area contributed by atoms with Gasteiger partial charge < -0.3 is 10.4 Å². The summed E-state index contributed by atoms with van der Waals surface area (Å²) in [6.45, 7) is 0. The van der Waals surface area contributed by atoms with Crippen LogP contribution < -0.4 is 5.32 Å². The second-order valence-electron chi connectivity index (χ2n) is 3.85. The third kappa shape index (κ3) is 3.36. The molecular formula is C14H12Br2N2O. The Kier molecular flexibility index (Phi) is 4.61. The molecule has 5 heteroatoms. The van der Waals surface area contributed by atoms with Crippen molar-refractivity contribution in [1.82, 2.24) is 0 Å². The summed E-state index contributed by atoms with van der Waals surface area (Å²) >= 11 is 6.68. The molecule has 0 heterocycles. The summed E-state index contributed by atoms with van der Waals surface area (Å²) in [4.78, 5) is 4.40. The van der Waals surface area contributed by atoms with Crippen molar-refractivity contribution in [3.8, 4) is 5.75 Å². The molecule has 0 aromatic heterocycles. The lowest BCUT2D eigenvalue weighted by Crippen LogP contribution is -1.88. The number of aliphatic imine (C=N–C) groups is 1. The lowest BCUT2D eigenvalue weighted by molar-refractivity contribution is 0.471. The molecule has 3 nitrogen and oxygen atoms in total. The monoisotopic (exact) mass is 382 g/mol. The van der Waals surface area contributed by atoms with Crippen LogP contribution in [0, 0.1) is 0 Å². The third-order valence-corrected chi connectivity index (χ3v) is 3.64. The van der Waals surface area contributed by atoms with E-state index in [1.165, 1.54) is 0 Å². The highest BCUT2D eigenvalue weighted by molar-refractivity contribution is 9.11. The van der Waals surface area contributed by atoms with Gasteiger partial charge in [-0.2, -0.15) is 0 Å². The van der Waals surface area contributed by atoms with Gasteiger partial charge in [-0.3, -0.25) is 4.99 Å². The highest BCUT2D eigenvalue weighted by atomic mass is 79.9. The van der Waals surface area contributed by atoms with E-state index in [0.29, 0.717) is 10.0 Å². The van der Waals surface area contributed by atoms with Crippen molar-refractivity contribution in [3.63, 3.8) is 0 Å². The lowest BCUT2D eigenvalue weighted by Gasteiger charge is -2.05. The largest absolute Gasteiger partial charge is 0.506 e. The maximum Gasteiger partial charge on any atom is 0.138 e. The predicted octanol–water partition coefficient (Wildman–Crippen LogP) is 4.71. The minimum Gasteiger partial charge on any atom is -0.506 e. The molecule has 0 radical (unpaired) electrons. The fourth-order valence-electron chi connectivity index (χ4n) is 1.62. The van der Waals surface area contributed by atoms with Gasteiger partial charge in [-0.15, -0.1) is 0 Å². The zero-order valence-corrected chi connectivity index (χ0v) is 13.4. The molecule has 98 valence electrons. The number of halogens is 2. The first-order valence-electron chi connectivity index (χ1n) is 5.60. The van der Waals surface area contributed by atoms with Crippen LogP contribution in [0.3, 0.4) is 0 Å². The van der Waals surface area contributed by atoms with Crippen molar-refractivity contribution in [2.75, 3.05) is 12.4 Å². The molecule has 2 aromatic rings. The fourth-order valence-corrected chi connectivity index (χ4v) is 2.88. The van der Waals surface area contributed by atoms with E-state index in [1.54, 1.807) is 12.3 Å². The van der Waals surface area contributed by atoms with Gasteiger partial charge in [0.15, 0.2) is 0 Å². The smallest absolute Gasteiger partial charge is 0.138 e. The van der Waals surface area contributed by atoms with Gasteiger partial charge in [-0.25, -0.2) is 0 Å². The van der Waals surface area contributed by atoms with Gasteiger partial charge in [0, 0.05) is 23.3 Å². The van der Waals surface area contributed by atoms with Crippen LogP contribution in [0.25, 0.3) is 0 Å². The number of nitrogens with zero attached hydrogens (tertiary/aromatic N) is 1. The fraction of sp³-hybridized carbons (Fsp3) is 0.0714. The summed E-state index contributed by atoms with van der Waals surface area (Å²) in [6, 6.07) is 11.3. The standard InChI is InChI=1S/C14H12Br2N2O/c1-17-12-4-2-3-5-13(12)18-8-9-6-10(15)7-11(16)14(9)19/h2-8,17,19H,1H3/b18-8+. The first kappa shape index (κ1) is 14.1. The molecule has 0 amide bonds. The van der Waals surface area contributed by atoms with Crippen LogP contribution in [-0.4, -0.2) is 18.4 Å². The number of benzene rings is 2. The average Bonchev–Trinajstić information content (AvgIpc) is 2.41. The number of hydrogen-bond acceptors (Lipinski definition) is 3. The zero-order valence-electron chi connectivity index (χ0n) is 10.2. The SMILES string of the molecule is CNc1ccccc1/N=C/c1cc(Br)cc(Br)c1O. The molecule has 0 aliphatic heterocycles. The summed E-state index contributed by atoms with van der Waals surface area (Å²) in [6.07, 6.45) is 1.64. The van der Waals surface area contributed by atoms with E-state index in [2.05, 4.69) is 42.2 Å². The van der Waals surface area contributed by atoms with E-state index >= 15 is 0 Å².